The molecule has 0 bridgehead atoms. The van der Waals surface area contributed by atoms with Gasteiger partial charge in [-0.3, -0.25) is 4.79 Å². The smallest absolute Gasteiger partial charge is 0.323 e. The lowest BCUT2D eigenvalue weighted by Crippen LogP contribution is -2.42. The fourth-order valence-corrected chi connectivity index (χ4v) is 2.60. The topological polar surface area (TPSA) is 64.4 Å². The standard InChI is InChI=1S/C14H24N2O3S/c1-6-18-13(17)12(15-9(2)3)7-8-20-14-16-10(4)11(5)19-14/h9,12,15H,6-8H2,1-5H3. The van der Waals surface area contributed by atoms with Gasteiger partial charge in [-0.25, -0.2) is 4.98 Å². The molecule has 0 aliphatic heterocycles. The normalized spacial score (nSPS) is 12.7. The van der Waals surface area contributed by atoms with Crippen molar-refractivity contribution < 1.29 is 13.9 Å². The zero-order chi connectivity index (χ0) is 15.1. The third-order valence-electron chi connectivity index (χ3n) is 2.75. The van der Waals surface area contributed by atoms with Crippen molar-refractivity contribution in [2.45, 2.75) is 58.3 Å². The van der Waals surface area contributed by atoms with Gasteiger partial charge in [0, 0.05) is 11.8 Å². The monoisotopic (exact) mass is 300 g/mol. The molecule has 0 spiro atoms. The summed E-state index contributed by atoms with van der Waals surface area (Å²) >= 11 is 1.52. The summed E-state index contributed by atoms with van der Waals surface area (Å²) in [5.41, 5.74) is 0.912. The fraction of sp³-hybridized carbons (Fsp3) is 0.714. The maximum absolute atomic E-state index is 11.8. The number of hydrogen-bond acceptors (Lipinski definition) is 6. The summed E-state index contributed by atoms with van der Waals surface area (Å²) in [4.78, 5) is 16.2. The van der Waals surface area contributed by atoms with Crippen molar-refractivity contribution in [1.82, 2.24) is 10.3 Å². The number of aromatic nitrogens is 1. The summed E-state index contributed by atoms with van der Waals surface area (Å²) in [5, 5.41) is 3.89. The van der Waals surface area contributed by atoms with Gasteiger partial charge < -0.3 is 14.5 Å². The SMILES string of the molecule is CCOC(=O)C(CCSc1nc(C)c(C)o1)NC(C)C. The highest BCUT2D eigenvalue weighted by molar-refractivity contribution is 7.99. The van der Waals surface area contributed by atoms with E-state index in [1.54, 1.807) is 0 Å². The van der Waals surface area contributed by atoms with E-state index in [0.29, 0.717) is 18.3 Å². The molecule has 1 heterocycles. The van der Waals surface area contributed by atoms with Gasteiger partial charge in [-0.2, -0.15) is 0 Å². The minimum Gasteiger partial charge on any atom is -0.465 e. The van der Waals surface area contributed by atoms with E-state index >= 15 is 0 Å². The maximum Gasteiger partial charge on any atom is 0.323 e. The molecule has 0 amide bonds. The minimum absolute atomic E-state index is 0.193. The van der Waals surface area contributed by atoms with Gasteiger partial charge in [-0.15, -0.1) is 0 Å². The van der Waals surface area contributed by atoms with Crippen LogP contribution < -0.4 is 5.32 Å². The van der Waals surface area contributed by atoms with Crippen LogP contribution in [-0.4, -0.2) is 35.4 Å². The van der Waals surface area contributed by atoms with E-state index in [1.807, 2.05) is 34.6 Å². The predicted molar refractivity (Wildman–Crippen MR) is 80.0 cm³/mol. The van der Waals surface area contributed by atoms with E-state index < -0.39 is 0 Å². The molecule has 1 unspecified atom stereocenters. The van der Waals surface area contributed by atoms with Gasteiger partial charge in [-0.1, -0.05) is 25.6 Å². The summed E-state index contributed by atoms with van der Waals surface area (Å²) in [6.45, 7) is 10.1. The molecule has 0 aliphatic carbocycles. The molecule has 6 heteroatoms. The largest absolute Gasteiger partial charge is 0.465 e. The van der Waals surface area contributed by atoms with Crippen LogP contribution in [0.1, 0.15) is 38.6 Å². The first-order valence-electron chi connectivity index (χ1n) is 6.93. The number of nitrogens with one attached hydrogen (secondary N) is 1. The molecule has 114 valence electrons. The average Bonchev–Trinajstić information content (AvgIpc) is 2.67. The predicted octanol–water partition coefficient (Wildman–Crippen LogP) is 2.70. The number of thioether (sulfide) groups is 1. The molecule has 0 aromatic carbocycles. The minimum atomic E-state index is -0.278. The van der Waals surface area contributed by atoms with E-state index in [9.17, 15) is 4.79 Å². The number of rotatable bonds is 8. The zero-order valence-corrected chi connectivity index (χ0v) is 13.7. The van der Waals surface area contributed by atoms with E-state index in [0.717, 1.165) is 17.2 Å². The number of hydrogen-bond donors (Lipinski definition) is 1. The number of esters is 1. The van der Waals surface area contributed by atoms with E-state index in [1.165, 1.54) is 11.8 Å². The summed E-state index contributed by atoms with van der Waals surface area (Å²) < 4.78 is 10.6. The Morgan fingerprint density at radius 2 is 2.15 bits per heavy atom. The molecule has 0 fully saturated rings. The molecule has 1 aromatic heterocycles. The molecule has 1 N–H and O–H groups in total. The third kappa shape index (κ3) is 5.54. The lowest BCUT2D eigenvalue weighted by molar-refractivity contribution is -0.145. The van der Waals surface area contributed by atoms with Crippen molar-refractivity contribution in [3.05, 3.63) is 11.5 Å². The van der Waals surface area contributed by atoms with Gasteiger partial charge in [0.05, 0.1) is 12.3 Å². The molecule has 0 saturated heterocycles. The molecular formula is C14H24N2O3S. The number of carbonyl (C=O) groups is 1. The zero-order valence-electron chi connectivity index (χ0n) is 12.9. The Labute approximate surface area is 124 Å². The highest BCUT2D eigenvalue weighted by atomic mass is 32.2. The second kappa shape index (κ2) is 8.32. The molecule has 0 aliphatic rings. The Balaban J connectivity index is 2.47. The number of carbonyl (C=O) groups excluding carboxylic acids is 1. The Morgan fingerprint density at radius 3 is 2.65 bits per heavy atom. The van der Waals surface area contributed by atoms with Crippen LogP contribution in [0.5, 0.6) is 0 Å². The van der Waals surface area contributed by atoms with Gasteiger partial charge in [0.1, 0.15) is 11.8 Å². The van der Waals surface area contributed by atoms with Crippen molar-refractivity contribution >= 4 is 17.7 Å². The fourth-order valence-electron chi connectivity index (χ4n) is 1.68. The van der Waals surface area contributed by atoms with E-state index in [2.05, 4.69) is 10.3 Å². The van der Waals surface area contributed by atoms with Crippen LogP contribution in [0.15, 0.2) is 9.64 Å². The van der Waals surface area contributed by atoms with Crippen LogP contribution in [0, 0.1) is 13.8 Å². The molecule has 0 saturated carbocycles. The van der Waals surface area contributed by atoms with Crippen LogP contribution in [0.4, 0.5) is 0 Å². The van der Waals surface area contributed by atoms with E-state index in [-0.39, 0.29) is 18.1 Å². The van der Waals surface area contributed by atoms with Gasteiger partial charge in [0.15, 0.2) is 0 Å². The van der Waals surface area contributed by atoms with Crippen LogP contribution in [0.25, 0.3) is 0 Å². The first-order chi connectivity index (χ1) is 9.43. The summed E-state index contributed by atoms with van der Waals surface area (Å²) in [5.74, 6) is 1.40. The van der Waals surface area contributed by atoms with Crippen LogP contribution in [-0.2, 0) is 9.53 Å². The van der Waals surface area contributed by atoms with Crippen LogP contribution in [0.3, 0.4) is 0 Å². The van der Waals surface area contributed by atoms with Crippen molar-refractivity contribution in [1.29, 1.82) is 0 Å². The van der Waals surface area contributed by atoms with Crippen molar-refractivity contribution in [3.8, 4) is 0 Å². The second-order valence-corrected chi connectivity index (χ2v) is 5.93. The highest BCUT2D eigenvalue weighted by Gasteiger charge is 2.20. The number of nitrogens with zero attached hydrogens (tertiary/aromatic N) is 1. The number of aryl methyl sites for hydroxylation is 2. The maximum atomic E-state index is 11.8. The third-order valence-corrected chi connectivity index (χ3v) is 3.61. The molecule has 20 heavy (non-hydrogen) atoms. The van der Waals surface area contributed by atoms with Gasteiger partial charge in [-0.05, 0) is 27.2 Å². The number of ether oxygens (including phenoxy) is 1. The molecule has 1 rings (SSSR count). The van der Waals surface area contributed by atoms with Gasteiger partial charge >= 0.3 is 5.97 Å². The molecule has 5 nitrogen and oxygen atoms in total. The molecule has 0 radical (unpaired) electrons. The van der Waals surface area contributed by atoms with Crippen LogP contribution >= 0.6 is 11.8 Å². The lowest BCUT2D eigenvalue weighted by Gasteiger charge is -2.19. The molecule has 1 aromatic rings. The first kappa shape index (κ1) is 17.0. The molecule has 1 atom stereocenters. The lowest BCUT2D eigenvalue weighted by atomic mass is 10.2. The summed E-state index contributed by atoms with van der Waals surface area (Å²) in [6.07, 6.45) is 0.683. The Bertz CT molecular complexity index is 413. The quantitative estimate of drug-likeness (QED) is 0.588. The van der Waals surface area contributed by atoms with Crippen molar-refractivity contribution in [3.63, 3.8) is 0 Å². The summed E-state index contributed by atoms with van der Waals surface area (Å²) in [6, 6.07) is -0.0414. The highest BCUT2D eigenvalue weighted by Crippen LogP contribution is 2.21. The summed E-state index contributed by atoms with van der Waals surface area (Å²) in [7, 11) is 0. The Hall–Kier alpha value is -1.01. The average molecular weight is 300 g/mol. The molecular weight excluding hydrogens is 276 g/mol. The van der Waals surface area contributed by atoms with Gasteiger partial charge in [0.25, 0.3) is 5.22 Å². The Morgan fingerprint density at radius 1 is 1.45 bits per heavy atom. The van der Waals surface area contributed by atoms with Crippen molar-refractivity contribution in [2.24, 2.45) is 0 Å². The number of oxazole rings is 1. The van der Waals surface area contributed by atoms with Crippen LogP contribution in [0.2, 0.25) is 0 Å². The van der Waals surface area contributed by atoms with E-state index in [4.69, 9.17) is 9.15 Å². The van der Waals surface area contributed by atoms with Crippen molar-refractivity contribution in [2.75, 3.05) is 12.4 Å². The Kier molecular flexibility index (Phi) is 7.09. The second-order valence-electron chi connectivity index (χ2n) is 4.88. The van der Waals surface area contributed by atoms with Gasteiger partial charge in [0.2, 0.25) is 0 Å². The first-order valence-corrected chi connectivity index (χ1v) is 7.92.